The third kappa shape index (κ3) is 6.85. The Morgan fingerprint density at radius 2 is 1.88 bits per heavy atom. The number of amides is 2. The van der Waals surface area contributed by atoms with Crippen LogP contribution in [0, 0.1) is 13.8 Å². The van der Waals surface area contributed by atoms with E-state index in [0.29, 0.717) is 12.4 Å². The van der Waals surface area contributed by atoms with Crippen LogP contribution >= 0.6 is 0 Å². The second kappa shape index (κ2) is 8.52. The van der Waals surface area contributed by atoms with Crippen LogP contribution in [0.2, 0.25) is 0 Å². The third-order valence-electron chi connectivity index (χ3n) is 3.11. The summed E-state index contributed by atoms with van der Waals surface area (Å²) in [6.07, 6.45) is -0.365. The van der Waals surface area contributed by atoms with Crippen LogP contribution in [-0.4, -0.2) is 36.2 Å². The van der Waals surface area contributed by atoms with Crippen LogP contribution in [0.5, 0.6) is 5.88 Å². The van der Waals surface area contributed by atoms with E-state index in [1.54, 1.807) is 27.9 Å². The Hall–Kier alpha value is -2.31. The summed E-state index contributed by atoms with van der Waals surface area (Å²) in [5.41, 5.74) is 2.16. The number of nitrogens with zero attached hydrogens (tertiary/aromatic N) is 1. The summed E-state index contributed by atoms with van der Waals surface area (Å²) in [4.78, 5) is 27.7. The highest BCUT2D eigenvalue weighted by Crippen LogP contribution is 2.20. The Morgan fingerprint density at radius 3 is 2.46 bits per heavy atom. The number of alkyl carbamates (subject to hydrolysis) is 1. The van der Waals surface area contributed by atoms with E-state index in [1.165, 1.54) is 0 Å². The second-order valence-electron chi connectivity index (χ2n) is 6.52. The van der Waals surface area contributed by atoms with Crippen LogP contribution in [-0.2, 0) is 16.1 Å². The van der Waals surface area contributed by atoms with Crippen LogP contribution in [0.25, 0.3) is 0 Å². The first-order valence-corrected chi connectivity index (χ1v) is 7.87. The molecule has 0 aliphatic carbocycles. The van der Waals surface area contributed by atoms with Gasteiger partial charge in [-0.15, -0.1) is 0 Å². The molecule has 1 heterocycles. The summed E-state index contributed by atoms with van der Waals surface area (Å²) in [7, 11) is 1.55. The maximum Gasteiger partial charge on any atom is 0.407 e. The van der Waals surface area contributed by atoms with E-state index in [2.05, 4.69) is 15.6 Å². The predicted octanol–water partition coefficient (Wildman–Crippen LogP) is 2.24. The van der Waals surface area contributed by atoms with Gasteiger partial charge in [-0.1, -0.05) is 0 Å². The maximum absolute atomic E-state index is 11.9. The first-order valence-electron chi connectivity index (χ1n) is 7.87. The van der Waals surface area contributed by atoms with Crippen molar-refractivity contribution in [2.24, 2.45) is 0 Å². The number of pyridine rings is 1. The van der Waals surface area contributed by atoms with E-state index >= 15 is 0 Å². The molecule has 0 atom stereocenters. The molecule has 0 aliphatic heterocycles. The van der Waals surface area contributed by atoms with Crippen LogP contribution < -0.4 is 15.4 Å². The van der Waals surface area contributed by atoms with Gasteiger partial charge in [0.15, 0.2) is 0 Å². The molecule has 1 aromatic heterocycles. The van der Waals surface area contributed by atoms with Crippen molar-refractivity contribution in [2.45, 2.75) is 53.2 Å². The van der Waals surface area contributed by atoms with Crippen molar-refractivity contribution in [1.29, 1.82) is 0 Å². The quantitative estimate of drug-likeness (QED) is 0.831. The second-order valence-corrected chi connectivity index (χ2v) is 6.52. The molecular formula is C17H27N3O4. The number of nitrogens with one attached hydrogen (secondary N) is 2. The van der Waals surface area contributed by atoms with Gasteiger partial charge in [0.05, 0.1) is 7.11 Å². The van der Waals surface area contributed by atoms with E-state index < -0.39 is 11.7 Å². The minimum Gasteiger partial charge on any atom is -0.481 e. The van der Waals surface area contributed by atoms with Crippen molar-refractivity contribution < 1.29 is 19.1 Å². The van der Waals surface area contributed by atoms with Gasteiger partial charge in [0, 0.05) is 30.8 Å². The molecule has 7 heteroatoms. The molecule has 0 saturated carbocycles. The highest BCUT2D eigenvalue weighted by Gasteiger charge is 2.16. The number of carbonyl (C=O) groups is 2. The predicted molar refractivity (Wildman–Crippen MR) is 91.0 cm³/mol. The van der Waals surface area contributed by atoms with E-state index in [4.69, 9.17) is 9.47 Å². The SMILES string of the molecule is COc1nc(C)cc(C)c1CNC(=O)CCNC(=O)OC(C)(C)C. The van der Waals surface area contributed by atoms with Crippen molar-refractivity contribution >= 4 is 12.0 Å². The molecule has 7 nitrogen and oxygen atoms in total. The summed E-state index contributed by atoms with van der Waals surface area (Å²) >= 11 is 0. The molecule has 0 radical (unpaired) electrons. The lowest BCUT2D eigenvalue weighted by Gasteiger charge is -2.19. The number of carbonyl (C=O) groups excluding carboxylic acids is 2. The first-order chi connectivity index (χ1) is 11.1. The van der Waals surface area contributed by atoms with Crippen molar-refractivity contribution in [3.05, 3.63) is 22.9 Å². The van der Waals surface area contributed by atoms with E-state index in [0.717, 1.165) is 16.8 Å². The van der Waals surface area contributed by atoms with E-state index in [9.17, 15) is 9.59 Å². The van der Waals surface area contributed by atoms with Crippen molar-refractivity contribution in [3.8, 4) is 5.88 Å². The van der Waals surface area contributed by atoms with Gasteiger partial charge in [-0.05, 0) is 46.2 Å². The summed E-state index contributed by atoms with van der Waals surface area (Å²) in [6, 6.07) is 1.94. The van der Waals surface area contributed by atoms with Crippen LogP contribution in [0.3, 0.4) is 0 Å². The fraction of sp³-hybridized carbons (Fsp3) is 0.588. The van der Waals surface area contributed by atoms with Gasteiger partial charge in [0.2, 0.25) is 11.8 Å². The number of rotatable bonds is 6. The summed E-state index contributed by atoms with van der Waals surface area (Å²) < 4.78 is 10.4. The molecule has 0 spiro atoms. The van der Waals surface area contributed by atoms with Gasteiger partial charge in [-0.25, -0.2) is 9.78 Å². The van der Waals surface area contributed by atoms with Gasteiger partial charge in [0.1, 0.15) is 5.60 Å². The molecule has 0 unspecified atom stereocenters. The number of hydrogen-bond acceptors (Lipinski definition) is 5. The van der Waals surface area contributed by atoms with E-state index in [-0.39, 0.29) is 18.9 Å². The number of methoxy groups -OCH3 is 1. The molecule has 0 saturated heterocycles. The smallest absolute Gasteiger partial charge is 0.407 e. The minimum absolute atomic E-state index is 0.167. The Labute approximate surface area is 143 Å². The maximum atomic E-state index is 11.9. The zero-order valence-electron chi connectivity index (χ0n) is 15.3. The van der Waals surface area contributed by atoms with Gasteiger partial charge in [-0.2, -0.15) is 0 Å². The van der Waals surface area contributed by atoms with Crippen molar-refractivity contribution in [2.75, 3.05) is 13.7 Å². The molecule has 1 aromatic rings. The Kier molecular flexibility index (Phi) is 7.00. The van der Waals surface area contributed by atoms with Gasteiger partial charge in [-0.3, -0.25) is 4.79 Å². The number of hydrogen-bond donors (Lipinski definition) is 2. The highest BCUT2D eigenvalue weighted by molar-refractivity contribution is 5.77. The fourth-order valence-corrected chi connectivity index (χ4v) is 2.08. The largest absolute Gasteiger partial charge is 0.481 e. The Bertz CT molecular complexity index is 594. The molecule has 2 N–H and O–H groups in total. The standard InChI is InChI=1S/C17H27N3O4/c1-11-9-12(2)20-15(23-6)13(11)10-19-14(21)7-8-18-16(22)24-17(3,4)5/h9H,7-8,10H2,1-6H3,(H,18,22)(H,19,21). The lowest BCUT2D eigenvalue weighted by atomic mass is 10.1. The van der Waals surface area contributed by atoms with E-state index in [1.807, 2.05) is 19.9 Å². The van der Waals surface area contributed by atoms with Crippen LogP contribution in [0.15, 0.2) is 6.07 Å². The van der Waals surface area contributed by atoms with Crippen molar-refractivity contribution in [3.63, 3.8) is 0 Å². The monoisotopic (exact) mass is 337 g/mol. The third-order valence-corrected chi connectivity index (χ3v) is 3.11. The normalized spacial score (nSPS) is 10.9. The Morgan fingerprint density at radius 1 is 1.21 bits per heavy atom. The lowest BCUT2D eigenvalue weighted by Crippen LogP contribution is -2.35. The zero-order chi connectivity index (χ0) is 18.3. The molecule has 1 rings (SSSR count). The summed E-state index contributed by atoms with van der Waals surface area (Å²) in [6.45, 7) is 9.72. The average Bonchev–Trinajstić information content (AvgIpc) is 2.43. The summed E-state index contributed by atoms with van der Waals surface area (Å²) in [5.74, 6) is 0.341. The topological polar surface area (TPSA) is 89.5 Å². The molecule has 0 bridgehead atoms. The number of aryl methyl sites for hydroxylation is 2. The number of aromatic nitrogens is 1. The van der Waals surface area contributed by atoms with Gasteiger partial charge < -0.3 is 20.1 Å². The molecule has 0 aliphatic rings. The van der Waals surface area contributed by atoms with Crippen LogP contribution in [0.4, 0.5) is 4.79 Å². The molecule has 24 heavy (non-hydrogen) atoms. The van der Waals surface area contributed by atoms with Gasteiger partial charge in [0.25, 0.3) is 0 Å². The minimum atomic E-state index is -0.557. The molecule has 0 aromatic carbocycles. The zero-order valence-corrected chi connectivity index (χ0v) is 15.3. The summed E-state index contributed by atoms with van der Waals surface area (Å²) in [5, 5.41) is 5.36. The van der Waals surface area contributed by atoms with Gasteiger partial charge >= 0.3 is 6.09 Å². The van der Waals surface area contributed by atoms with Crippen molar-refractivity contribution in [1.82, 2.24) is 15.6 Å². The first kappa shape index (κ1) is 19.7. The molecular weight excluding hydrogens is 310 g/mol. The average molecular weight is 337 g/mol. The molecule has 134 valence electrons. The fourth-order valence-electron chi connectivity index (χ4n) is 2.08. The highest BCUT2D eigenvalue weighted by atomic mass is 16.6. The molecule has 0 fully saturated rings. The number of ether oxygens (including phenoxy) is 2. The Balaban J connectivity index is 2.44. The molecule has 2 amide bonds. The lowest BCUT2D eigenvalue weighted by molar-refractivity contribution is -0.121. The van der Waals surface area contributed by atoms with Crippen LogP contribution in [0.1, 0.15) is 44.0 Å².